The highest BCUT2D eigenvalue weighted by Crippen LogP contribution is 2.21. The lowest BCUT2D eigenvalue weighted by Crippen LogP contribution is -2.26. The fourth-order valence-corrected chi connectivity index (χ4v) is 4.94. The van der Waals surface area contributed by atoms with Gasteiger partial charge >= 0.3 is 5.69 Å². The molecule has 0 atom stereocenters. The van der Waals surface area contributed by atoms with Gasteiger partial charge in [-0.25, -0.2) is 14.8 Å². The number of allylic oxidation sites excluding steroid dienone is 1. The minimum Gasteiger partial charge on any atom is -0.482 e. The molecule has 0 unspecified atom stereocenters. The summed E-state index contributed by atoms with van der Waals surface area (Å²) in [6.07, 6.45) is 6.68. The molecule has 0 aliphatic carbocycles. The molecule has 11 nitrogen and oxygen atoms in total. The molecule has 0 spiro atoms. The smallest absolute Gasteiger partial charge is 0.337 e. The van der Waals surface area contributed by atoms with Gasteiger partial charge in [0.15, 0.2) is 5.16 Å². The third-order valence-corrected chi connectivity index (χ3v) is 7.19. The van der Waals surface area contributed by atoms with Crippen LogP contribution in [-0.2, 0) is 6.54 Å². The van der Waals surface area contributed by atoms with Crippen LogP contribution in [0, 0.1) is 0 Å². The van der Waals surface area contributed by atoms with Crippen LogP contribution in [0.2, 0.25) is 0 Å². The van der Waals surface area contributed by atoms with Crippen LogP contribution in [0.3, 0.4) is 0 Å². The topological polar surface area (TPSA) is 122 Å². The summed E-state index contributed by atoms with van der Waals surface area (Å²) in [5.41, 5.74) is 2.43. The fraction of sp³-hybridized carbons (Fsp3) is 0.125. The number of hydrogen-bond donors (Lipinski definition) is 0. The second kappa shape index (κ2) is 13.2. The molecule has 0 saturated carbocycles. The monoisotopic (exact) mass is 608 g/mol. The summed E-state index contributed by atoms with van der Waals surface area (Å²) >= 11 is 1.47. The number of carbonyl (C=O) groups is 2. The van der Waals surface area contributed by atoms with Crippen molar-refractivity contribution in [3.8, 4) is 11.8 Å². The number of carbonyl (C=O) groups excluding carboxylic acids is 2. The van der Waals surface area contributed by atoms with E-state index in [0.29, 0.717) is 46.4 Å². The Labute approximate surface area is 256 Å². The lowest BCUT2D eigenvalue weighted by molar-refractivity contribution is 0.102. The number of ketones is 2. The molecular formula is C32H28N6O5S. The number of imidazole rings is 2. The maximum atomic E-state index is 12.5. The highest BCUT2D eigenvalue weighted by molar-refractivity contribution is 7.98. The first-order valence-electron chi connectivity index (χ1n) is 13.3. The number of ether oxygens (including phenoxy) is 2. The average Bonchev–Trinajstić information content (AvgIpc) is 3.71. The highest BCUT2D eigenvalue weighted by Gasteiger charge is 2.17. The van der Waals surface area contributed by atoms with Crippen LogP contribution in [0.5, 0.6) is 11.8 Å². The van der Waals surface area contributed by atoms with E-state index in [-0.39, 0.29) is 23.0 Å². The first-order chi connectivity index (χ1) is 21.4. The SMILES string of the molecule is C=CCn1c(OC)cc2nc(C(=O)c3ccccc3)cn2c1=O.COc1cc2nc(C(=O)c3ccccc3)cn2c(SC)n1. The largest absolute Gasteiger partial charge is 0.482 e. The Morgan fingerprint density at radius 2 is 1.36 bits per heavy atom. The van der Waals surface area contributed by atoms with Crippen LogP contribution < -0.4 is 15.2 Å². The van der Waals surface area contributed by atoms with Crippen LogP contribution in [0.15, 0.2) is 108 Å². The Hall–Kier alpha value is -5.49. The first kappa shape index (κ1) is 30.0. The Morgan fingerprint density at radius 3 is 1.86 bits per heavy atom. The number of aromatic nitrogens is 6. The molecule has 12 heteroatoms. The van der Waals surface area contributed by atoms with Crippen molar-refractivity contribution in [1.82, 2.24) is 28.3 Å². The van der Waals surface area contributed by atoms with E-state index in [9.17, 15) is 14.4 Å². The van der Waals surface area contributed by atoms with E-state index < -0.39 is 0 Å². The predicted molar refractivity (Wildman–Crippen MR) is 167 cm³/mol. The summed E-state index contributed by atoms with van der Waals surface area (Å²) < 4.78 is 14.9. The summed E-state index contributed by atoms with van der Waals surface area (Å²) in [6, 6.07) is 21.2. The van der Waals surface area contributed by atoms with Crippen molar-refractivity contribution in [2.75, 3.05) is 20.5 Å². The van der Waals surface area contributed by atoms with Crippen LogP contribution in [-0.4, -0.2) is 60.4 Å². The van der Waals surface area contributed by atoms with E-state index in [1.54, 1.807) is 72.3 Å². The van der Waals surface area contributed by atoms with Gasteiger partial charge in [0.25, 0.3) is 0 Å². The molecule has 0 aliphatic heterocycles. The number of nitrogens with zero attached hydrogens (tertiary/aromatic N) is 6. The molecule has 6 rings (SSSR count). The van der Waals surface area contributed by atoms with E-state index in [1.807, 2.05) is 30.5 Å². The van der Waals surface area contributed by atoms with E-state index in [0.717, 1.165) is 5.16 Å². The minimum atomic E-state index is -0.334. The standard InChI is InChI=1S/C17H15N3O3.C15H13N3O2S/c1-3-9-19-15(23-2)10-14-18-13(11-20(14)17(19)22)16(21)12-7-5-4-6-8-12;1-20-13-8-12-16-11(9-18(12)15(17-13)21-2)14(19)10-6-4-3-5-7-10/h3-8,10-11H,1,9H2,2H3;3-9H,1-2H3. The van der Waals surface area contributed by atoms with Gasteiger partial charge in [-0.1, -0.05) is 78.5 Å². The van der Waals surface area contributed by atoms with Crippen molar-refractivity contribution in [1.29, 1.82) is 0 Å². The van der Waals surface area contributed by atoms with Crippen molar-refractivity contribution in [3.63, 3.8) is 0 Å². The zero-order valence-corrected chi connectivity index (χ0v) is 25.0. The van der Waals surface area contributed by atoms with Crippen molar-refractivity contribution < 1.29 is 19.1 Å². The van der Waals surface area contributed by atoms with Crippen LogP contribution in [0.1, 0.15) is 32.1 Å². The van der Waals surface area contributed by atoms with Gasteiger partial charge in [-0.15, -0.1) is 6.58 Å². The third-order valence-electron chi connectivity index (χ3n) is 6.54. The maximum Gasteiger partial charge on any atom is 0.337 e. The second-order valence-electron chi connectivity index (χ2n) is 9.25. The molecule has 0 saturated heterocycles. The first-order valence-corrected chi connectivity index (χ1v) is 14.6. The molecule has 6 aromatic rings. The molecule has 0 fully saturated rings. The highest BCUT2D eigenvalue weighted by atomic mass is 32.2. The Morgan fingerprint density at radius 1 is 0.818 bits per heavy atom. The van der Waals surface area contributed by atoms with Gasteiger partial charge in [-0.3, -0.25) is 23.0 Å². The van der Waals surface area contributed by atoms with Crippen molar-refractivity contribution in [2.45, 2.75) is 11.7 Å². The Bertz CT molecular complexity index is 2030. The van der Waals surface area contributed by atoms with Crippen molar-refractivity contribution >= 4 is 34.6 Å². The molecule has 0 bridgehead atoms. The van der Waals surface area contributed by atoms with Gasteiger partial charge in [-0.2, -0.15) is 4.98 Å². The number of methoxy groups -OCH3 is 2. The minimum absolute atomic E-state index is 0.106. The third kappa shape index (κ3) is 6.01. The quantitative estimate of drug-likeness (QED) is 0.100. The van der Waals surface area contributed by atoms with E-state index in [1.165, 1.54) is 34.0 Å². The molecule has 222 valence electrons. The molecule has 2 aromatic carbocycles. The Kier molecular flexibility index (Phi) is 9.01. The number of hydrogen-bond acceptors (Lipinski definition) is 9. The Balaban J connectivity index is 0.000000175. The number of rotatable bonds is 9. The van der Waals surface area contributed by atoms with Gasteiger partial charge in [0.2, 0.25) is 23.3 Å². The molecule has 0 amide bonds. The zero-order valence-electron chi connectivity index (χ0n) is 24.2. The van der Waals surface area contributed by atoms with Crippen molar-refractivity contribution in [3.05, 3.63) is 131 Å². The molecule has 0 aliphatic rings. The predicted octanol–water partition coefficient (Wildman–Crippen LogP) is 4.61. The number of fused-ring (bicyclic) bond motifs is 2. The normalized spacial score (nSPS) is 10.7. The van der Waals surface area contributed by atoms with Gasteiger partial charge in [-0.05, 0) is 6.26 Å². The molecule has 0 radical (unpaired) electrons. The molecule has 4 heterocycles. The summed E-state index contributed by atoms with van der Waals surface area (Å²) in [5.74, 6) is 0.510. The van der Waals surface area contributed by atoms with Gasteiger partial charge in [0.05, 0.1) is 14.2 Å². The van der Waals surface area contributed by atoms with E-state index in [4.69, 9.17) is 9.47 Å². The zero-order chi connectivity index (χ0) is 31.2. The van der Waals surface area contributed by atoms with E-state index >= 15 is 0 Å². The van der Waals surface area contributed by atoms with Crippen LogP contribution >= 0.6 is 11.8 Å². The maximum absolute atomic E-state index is 12.5. The summed E-state index contributed by atoms with van der Waals surface area (Å²) in [7, 11) is 3.03. The summed E-state index contributed by atoms with van der Waals surface area (Å²) in [6.45, 7) is 3.94. The van der Waals surface area contributed by atoms with Crippen molar-refractivity contribution in [2.24, 2.45) is 0 Å². The number of benzene rings is 2. The lowest BCUT2D eigenvalue weighted by atomic mass is 10.1. The van der Waals surface area contributed by atoms with E-state index in [2.05, 4.69) is 21.5 Å². The van der Waals surface area contributed by atoms with Crippen LogP contribution in [0.4, 0.5) is 0 Å². The molecular weight excluding hydrogens is 580 g/mol. The lowest BCUT2D eigenvalue weighted by Gasteiger charge is -2.09. The molecule has 44 heavy (non-hydrogen) atoms. The van der Waals surface area contributed by atoms with Crippen LogP contribution in [0.25, 0.3) is 11.3 Å². The molecule has 4 aromatic heterocycles. The fourth-order valence-electron chi connectivity index (χ4n) is 4.41. The summed E-state index contributed by atoms with van der Waals surface area (Å²) in [5, 5.41) is 0.726. The second-order valence-corrected chi connectivity index (χ2v) is 10.0. The van der Waals surface area contributed by atoms with Gasteiger partial charge in [0.1, 0.15) is 22.7 Å². The average molecular weight is 609 g/mol. The van der Waals surface area contributed by atoms with Gasteiger partial charge < -0.3 is 9.47 Å². The number of thioether (sulfide) groups is 1. The van der Waals surface area contributed by atoms with Gasteiger partial charge in [0, 0.05) is 42.2 Å². The summed E-state index contributed by atoms with van der Waals surface area (Å²) in [4.78, 5) is 50.4. The molecule has 0 N–H and O–H groups in total.